The third-order valence-electron chi connectivity index (χ3n) is 3.44. The highest BCUT2D eigenvalue weighted by atomic mass is 15.1. The van der Waals surface area contributed by atoms with Gasteiger partial charge in [-0.3, -0.25) is 9.88 Å². The maximum absolute atomic E-state index is 5.65. The summed E-state index contributed by atoms with van der Waals surface area (Å²) < 4.78 is 0. The van der Waals surface area contributed by atoms with Gasteiger partial charge in [0.05, 0.1) is 0 Å². The molecule has 0 atom stereocenters. The molecule has 2 N–H and O–H groups in total. The standard InChI is InChI=1S/C18H25N3/c1-15(2)12-21(14-18-7-9-20-10-8-18)13-17-5-3-16(11-19)4-6-17/h3-10,15H,11-14,19H2,1-2H3. The zero-order valence-corrected chi connectivity index (χ0v) is 13.0. The highest BCUT2D eigenvalue weighted by molar-refractivity contribution is 5.22. The van der Waals surface area contributed by atoms with Gasteiger partial charge in [0.25, 0.3) is 0 Å². The maximum atomic E-state index is 5.65. The Hall–Kier alpha value is -1.71. The summed E-state index contributed by atoms with van der Waals surface area (Å²) in [6.45, 7) is 8.13. The summed E-state index contributed by atoms with van der Waals surface area (Å²) in [7, 11) is 0. The zero-order valence-electron chi connectivity index (χ0n) is 13.0. The summed E-state index contributed by atoms with van der Waals surface area (Å²) in [5.74, 6) is 0.648. The predicted octanol–water partition coefficient (Wildman–Crippen LogP) is 3.20. The van der Waals surface area contributed by atoms with E-state index >= 15 is 0 Å². The Balaban J connectivity index is 2.04. The third-order valence-corrected chi connectivity index (χ3v) is 3.44. The maximum Gasteiger partial charge on any atom is 0.0271 e. The molecular weight excluding hydrogens is 258 g/mol. The van der Waals surface area contributed by atoms with Crippen LogP contribution in [0.5, 0.6) is 0 Å². The average Bonchev–Trinajstić information content (AvgIpc) is 2.48. The molecule has 1 aromatic heterocycles. The molecule has 0 radical (unpaired) electrons. The minimum atomic E-state index is 0.604. The molecule has 0 fully saturated rings. The van der Waals surface area contributed by atoms with Crippen molar-refractivity contribution in [1.82, 2.24) is 9.88 Å². The van der Waals surface area contributed by atoms with E-state index in [1.54, 1.807) is 0 Å². The van der Waals surface area contributed by atoms with Crippen LogP contribution in [0.2, 0.25) is 0 Å². The minimum Gasteiger partial charge on any atom is -0.326 e. The summed E-state index contributed by atoms with van der Waals surface area (Å²) in [4.78, 5) is 6.57. The van der Waals surface area contributed by atoms with Crippen LogP contribution < -0.4 is 5.73 Å². The second-order valence-corrected chi connectivity index (χ2v) is 5.94. The number of aromatic nitrogens is 1. The van der Waals surface area contributed by atoms with Crippen molar-refractivity contribution in [3.63, 3.8) is 0 Å². The Bertz CT molecular complexity index is 520. The highest BCUT2D eigenvalue weighted by Crippen LogP contribution is 2.12. The molecule has 21 heavy (non-hydrogen) atoms. The van der Waals surface area contributed by atoms with Crippen LogP contribution in [0, 0.1) is 5.92 Å². The van der Waals surface area contributed by atoms with Gasteiger partial charge in [0.15, 0.2) is 0 Å². The number of hydrogen-bond donors (Lipinski definition) is 1. The quantitative estimate of drug-likeness (QED) is 0.848. The molecular formula is C18H25N3. The molecule has 3 heteroatoms. The number of benzene rings is 1. The predicted molar refractivity (Wildman–Crippen MR) is 87.5 cm³/mol. The molecule has 2 aromatic rings. The Morgan fingerprint density at radius 1 is 0.905 bits per heavy atom. The van der Waals surface area contributed by atoms with Crippen molar-refractivity contribution in [2.75, 3.05) is 6.54 Å². The lowest BCUT2D eigenvalue weighted by atomic mass is 10.1. The molecule has 0 aliphatic rings. The van der Waals surface area contributed by atoms with Gasteiger partial charge in [0.2, 0.25) is 0 Å². The van der Waals surface area contributed by atoms with Gasteiger partial charge in [-0.15, -0.1) is 0 Å². The van der Waals surface area contributed by atoms with Gasteiger partial charge < -0.3 is 5.73 Å². The number of hydrogen-bond acceptors (Lipinski definition) is 3. The second kappa shape index (κ2) is 7.91. The monoisotopic (exact) mass is 283 g/mol. The van der Waals surface area contributed by atoms with Crippen molar-refractivity contribution < 1.29 is 0 Å². The van der Waals surface area contributed by atoms with Crippen molar-refractivity contribution in [2.24, 2.45) is 11.7 Å². The van der Waals surface area contributed by atoms with Gasteiger partial charge >= 0.3 is 0 Å². The molecule has 3 nitrogen and oxygen atoms in total. The van der Waals surface area contributed by atoms with E-state index in [-0.39, 0.29) is 0 Å². The normalized spacial score (nSPS) is 11.3. The van der Waals surface area contributed by atoms with E-state index in [1.165, 1.54) is 16.7 Å². The summed E-state index contributed by atoms with van der Waals surface area (Å²) >= 11 is 0. The van der Waals surface area contributed by atoms with Gasteiger partial charge in [-0.05, 0) is 34.7 Å². The van der Waals surface area contributed by atoms with Crippen LogP contribution in [-0.4, -0.2) is 16.4 Å². The van der Waals surface area contributed by atoms with Crippen LogP contribution in [0.3, 0.4) is 0 Å². The van der Waals surface area contributed by atoms with E-state index < -0.39 is 0 Å². The van der Waals surface area contributed by atoms with E-state index in [1.807, 2.05) is 12.4 Å². The molecule has 0 saturated carbocycles. The zero-order chi connectivity index (χ0) is 15.1. The van der Waals surface area contributed by atoms with Gasteiger partial charge in [-0.25, -0.2) is 0 Å². The number of rotatable bonds is 7. The van der Waals surface area contributed by atoms with Crippen LogP contribution in [0.25, 0.3) is 0 Å². The Labute approximate surface area is 127 Å². The fraction of sp³-hybridized carbons (Fsp3) is 0.389. The largest absolute Gasteiger partial charge is 0.326 e. The van der Waals surface area contributed by atoms with E-state index in [2.05, 4.69) is 60.1 Å². The number of nitrogens with two attached hydrogens (primary N) is 1. The first-order valence-corrected chi connectivity index (χ1v) is 7.56. The lowest BCUT2D eigenvalue weighted by Gasteiger charge is -2.24. The van der Waals surface area contributed by atoms with E-state index in [4.69, 9.17) is 5.73 Å². The van der Waals surface area contributed by atoms with Gasteiger partial charge in [-0.1, -0.05) is 38.1 Å². The van der Waals surface area contributed by atoms with Gasteiger partial charge in [0, 0.05) is 38.6 Å². The summed E-state index contributed by atoms with van der Waals surface area (Å²) in [5.41, 5.74) is 9.48. The Kier molecular flexibility index (Phi) is 5.90. The molecule has 0 amide bonds. The molecule has 0 unspecified atom stereocenters. The molecule has 0 spiro atoms. The fourth-order valence-electron chi connectivity index (χ4n) is 2.49. The average molecular weight is 283 g/mol. The molecule has 112 valence electrons. The van der Waals surface area contributed by atoms with E-state index in [9.17, 15) is 0 Å². The lowest BCUT2D eigenvalue weighted by Crippen LogP contribution is -2.27. The number of nitrogens with zero attached hydrogens (tertiary/aromatic N) is 2. The molecule has 1 aromatic carbocycles. The van der Waals surface area contributed by atoms with Crippen molar-refractivity contribution >= 4 is 0 Å². The summed E-state index contributed by atoms with van der Waals surface area (Å²) in [6, 6.07) is 12.8. The van der Waals surface area contributed by atoms with Crippen LogP contribution in [0.15, 0.2) is 48.8 Å². The number of pyridine rings is 1. The van der Waals surface area contributed by atoms with Crippen molar-refractivity contribution in [3.05, 3.63) is 65.5 Å². The van der Waals surface area contributed by atoms with Crippen LogP contribution in [-0.2, 0) is 19.6 Å². The van der Waals surface area contributed by atoms with Crippen molar-refractivity contribution in [1.29, 1.82) is 0 Å². The molecule has 0 aliphatic heterocycles. The Morgan fingerprint density at radius 2 is 1.43 bits per heavy atom. The fourth-order valence-corrected chi connectivity index (χ4v) is 2.49. The van der Waals surface area contributed by atoms with Crippen LogP contribution in [0.4, 0.5) is 0 Å². The van der Waals surface area contributed by atoms with Gasteiger partial charge in [0.1, 0.15) is 0 Å². The SMILES string of the molecule is CC(C)CN(Cc1ccncc1)Cc1ccc(CN)cc1. The first kappa shape index (κ1) is 15.7. The second-order valence-electron chi connectivity index (χ2n) is 5.94. The summed E-state index contributed by atoms with van der Waals surface area (Å²) in [5, 5.41) is 0. The molecule has 1 heterocycles. The smallest absolute Gasteiger partial charge is 0.0271 e. The molecule has 0 bridgehead atoms. The van der Waals surface area contributed by atoms with Crippen molar-refractivity contribution in [3.8, 4) is 0 Å². The van der Waals surface area contributed by atoms with Crippen LogP contribution >= 0.6 is 0 Å². The van der Waals surface area contributed by atoms with Gasteiger partial charge in [-0.2, -0.15) is 0 Å². The lowest BCUT2D eigenvalue weighted by molar-refractivity contribution is 0.227. The van der Waals surface area contributed by atoms with Crippen molar-refractivity contribution in [2.45, 2.75) is 33.5 Å². The third kappa shape index (κ3) is 5.29. The van der Waals surface area contributed by atoms with E-state index in [0.717, 1.165) is 19.6 Å². The minimum absolute atomic E-state index is 0.604. The van der Waals surface area contributed by atoms with E-state index in [0.29, 0.717) is 12.5 Å². The first-order chi connectivity index (χ1) is 10.2. The Morgan fingerprint density at radius 3 is 1.95 bits per heavy atom. The topological polar surface area (TPSA) is 42.2 Å². The highest BCUT2D eigenvalue weighted by Gasteiger charge is 2.09. The molecule has 0 saturated heterocycles. The molecule has 2 rings (SSSR count). The summed E-state index contributed by atoms with van der Waals surface area (Å²) in [6.07, 6.45) is 3.72. The van der Waals surface area contributed by atoms with Crippen LogP contribution in [0.1, 0.15) is 30.5 Å². The molecule has 0 aliphatic carbocycles. The first-order valence-electron chi connectivity index (χ1n) is 7.56.